The first-order valence-corrected chi connectivity index (χ1v) is 8.50. The third kappa shape index (κ3) is 4.30. The molecule has 5 heteroatoms. The third-order valence-electron chi connectivity index (χ3n) is 4.24. The molecule has 0 spiro atoms. The second kappa shape index (κ2) is 7.71. The van der Waals surface area contributed by atoms with Crippen LogP contribution < -0.4 is 10.2 Å². The Labute approximate surface area is 147 Å². The van der Waals surface area contributed by atoms with Crippen molar-refractivity contribution in [3.63, 3.8) is 0 Å². The van der Waals surface area contributed by atoms with Gasteiger partial charge in [-0.05, 0) is 44.4 Å². The van der Waals surface area contributed by atoms with Crippen LogP contribution in [0, 0.1) is 18.3 Å². The van der Waals surface area contributed by atoms with E-state index in [9.17, 15) is 10.1 Å². The van der Waals surface area contributed by atoms with Crippen molar-refractivity contribution in [1.82, 2.24) is 0 Å². The fraction of sp³-hybridized carbons (Fsp3) is 0.300. The number of nitrogens with zero attached hydrogens (tertiary/aromatic N) is 2. The second-order valence-corrected chi connectivity index (χ2v) is 6.21. The molecule has 3 rings (SSSR count). The van der Waals surface area contributed by atoms with E-state index in [1.54, 1.807) is 6.07 Å². The van der Waals surface area contributed by atoms with Gasteiger partial charge in [-0.2, -0.15) is 5.26 Å². The summed E-state index contributed by atoms with van der Waals surface area (Å²) in [5.74, 6) is 0.862. The molecule has 5 nitrogen and oxygen atoms in total. The Kier molecular flexibility index (Phi) is 5.20. The zero-order chi connectivity index (χ0) is 17.6. The lowest BCUT2D eigenvalue weighted by atomic mass is 10.1. The summed E-state index contributed by atoms with van der Waals surface area (Å²) in [6.45, 7) is 3.94. The quantitative estimate of drug-likeness (QED) is 0.674. The standard InChI is InChI=1S/C20H21N3O2/c1-15-5-7-17(8-6-15)22-20(24)16(14-21)13-18-9-10-19(25-18)23-11-3-2-4-12-23/h5-10,13H,2-4,11-12H2,1H3,(H,22,24)/b16-13-. The van der Waals surface area contributed by atoms with E-state index in [1.165, 1.54) is 12.5 Å². The summed E-state index contributed by atoms with van der Waals surface area (Å²) >= 11 is 0. The summed E-state index contributed by atoms with van der Waals surface area (Å²) in [6.07, 6.45) is 5.06. The highest BCUT2D eigenvalue weighted by molar-refractivity contribution is 6.09. The second-order valence-electron chi connectivity index (χ2n) is 6.21. The van der Waals surface area contributed by atoms with Crippen molar-refractivity contribution >= 4 is 23.6 Å². The first-order valence-electron chi connectivity index (χ1n) is 8.50. The van der Waals surface area contributed by atoms with E-state index in [4.69, 9.17) is 4.42 Å². The van der Waals surface area contributed by atoms with Crippen LogP contribution in [0.4, 0.5) is 11.6 Å². The molecule has 1 aromatic carbocycles. The molecule has 2 heterocycles. The Hall–Kier alpha value is -3.00. The van der Waals surface area contributed by atoms with Crippen molar-refractivity contribution in [2.24, 2.45) is 0 Å². The molecule has 0 unspecified atom stereocenters. The van der Waals surface area contributed by atoms with E-state index >= 15 is 0 Å². The highest BCUT2D eigenvalue weighted by Crippen LogP contribution is 2.24. The fourth-order valence-electron chi connectivity index (χ4n) is 2.83. The number of anilines is 2. The number of amides is 1. The minimum atomic E-state index is -0.442. The van der Waals surface area contributed by atoms with Crippen molar-refractivity contribution in [1.29, 1.82) is 5.26 Å². The summed E-state index contributed by atoms with van der Waals surface area (Å²) in [5, 5.41) is 12.0. The summed E-state index contributed by atoms with van der Waals surface area (Å²) in [7, 11) is 0. The molecule has 128 valence electrons. The van der Waals surface area contributed by atoms with Gasteiger partial charge in [0.05, 0.1) is 0 Å². The van der Waals surface area contributed by atoms with Crippen LogP contribution in [0.25, 0.3) is 6.08 Å². The van der Waals surface area contributed by atoms with Gasteiger partial charge in [-0.3, -0.25) is 4.79 Å². The van der Waals surface area contributed by atoms with Crippen LogP contribution in [0.5, 0.6) is 0 Å². The van der Waals surface area contributed by atoms with Crippen LogP contribution in [0.3, 0.4) is 0 Å². The van der Waals surface area contributed by atoms with Crippen molar-refractivity contribution in [3.8, 4) is 6.07 Å². The normalized spacial score (nSPS) is 14.9. The lowest BCUT2D eigenvalue weighted by Crippen LogP contribution is -2.28. The van der Waals surface area contributed by atoms with Gasteiger partial charge >= 0.3 is 0 Å². The summed E-state index contributed by atoms with van der Waals surface area (Å²) in [4.78, 5) is 14.5. The molecule has 0 bridgehead atoms. The van der Waals surface area contributed by atoms with E-state index in [1.807, 2.05) is 43.3 Å². The maximum Gasteiger partial charge on any atom is 0.266 e. The molecule has 1 aliphatic rings. The molecule has 1 aromatic heterocycles. The van der Waals surface area contributed by atoms with Crippen molar-refractivity contribution in [2.75, 3.05) is 23.3 Å². The number of benzene rings is 1. The van der Waals surface area contributed by atoms with Crippen LogP contribution in [0.2, 0.25) is 0 Å². The van der Waals surface area contributed by atoms with Crippen molar-refractivity contribution in [3.05, 3.63) is 53.3 Å². The molecule has 1 aliphatic heterocycles. The van der Waals surface area contributed by atoms with E-state index in [2.05, 4.69) is 10.2 Å². The largest absolute Gasteiger partial charge is 0.441 e. The number of nitriles is 1. The number of aryl methyl sites for hydroxylation is 1. The highest BCUT2D eigenvalue weighted by Gasteiger charge is 2.15. The zero-order valence-corrected chi connectivity index (χ0v) is 14.3. The van der Waals surface area contributed by atoms with E-state index < -0.39 is 5.91 Å². The summed E-state index contributed by atoms with van der Waals surface area (Å²) in [6, 6.07) is 13.1. The topological polar surface area (TPSA) is 69.3 Å². The molecule has 1 N–H and O–H groups in total. The van der Waals surface area contributed by atoms with Crippen molar-refractivity contribution in [2.45, 2.75) is 26.2 Å². The average molecular weight is 335 g/mol. The Morgan fingerprint density at radius 3 is 2.56 bits per heavy atom. The lowest BCUT2D eigenvalue weighted by molar-refractivity contribution is -0.112. The maximum atomic E-state index is 12.3. The maximum absolute atomic E-state index is 12.3. The third-order valence-corrected chi connectivity index (χ3v) is 4.24. The molecule has 0 atom stereocenters. The zero-order valence-electron chi connectivity index (χ0n) is 14.3. The Bertz CT molecular complexity index is 806. The number of carbonyl (C=O) groups excluding carboxylic acids is 1. The van der Waals surface area contributed by atoms with Crippen LogP contribution >= 0.6 is 0 Å². The van der Waals surface area contributed by atoms with Gasteiger partial charge in [-0.1, -0.05) is 17.7 Å². The van der Waals surface area contributed by atoms with E-state index in [-0.39, 0.29) is 5.57 Å². The smallest absolute Gasteiger partial charge is 0.266 e. The first kappa shape index (κ1) is 16.8. The summed E-state index contributed by atoms with van der Waals surface area (Å²) in [5.41, 5.74) is 1.78. The average Bonchev–Trinajstić information content (AvgIpc) is 3.11. The predicted molar refractivity (Wildman–Crippen MR) is 98.2 cm³/mol. The van der Waals surface area contributed by atoms with Crippen molar-refractivity contribution < 1.29 is 9.21 Å². The minimum Gasteiger partial charge on any atom is -0.441 e. The lowest BCUT2D eigenvalue weighted by Gasteiger charge is -2.25. The van der Waals surface area contributed by atoms with Gasteiger partial charge < -0.3 is 14.6 Å². The highest BCUT2D eigenvalue weighted by atomic mass is 16.4. The molecule has 1 fully saturated rings. The Morgan fingerprint density at radius 1 is 1.16 bits per heavy atom. The van der Waals surface area contributed by atoms with Gasteiger partial charge in [0.25, 0.3) is 5.91 Å². The van der Waals surface area contributed by atoms with Crippen LogP contribution in [-0.4, -0.2) is 19.0 Å². The molecule has 1 amide bonds. The molecule has 0 saturated carbocycles. The number of furan rings is 1. The van der Waals surface area contributed by atoms with Gasteiger partial charge in [0.1, 0.15) is 17.4 Å². The molecular formula is C20H21N3O2. The predicted octanol–water partition coefficient (Wildman–Crippen LogP) is 4.12. The molecule has 1 saturated heterocycles. The SMILES string of the molecule is Cc1ccc(NC(=O)/C(C#N)=C\c2ccc(N3CCCCC3)o2)cc1. The number of hydrogen-bond acceptors (Lipinski definition) is 4. The van der Waals surface area contributed by atoms with E-state index in [0.29, 0.717) is 11.4 Å². The van der Waals surface area contributed by atoms with Gasteiger partial charge in [0.2, 0.25) is 0 Å². The number of carbonyl (C=O) groups is 1. The van der Waals surface area contributed by atoms with Gasteiger partial charge in [-0.25, -0.2) is 0 Å². The molecular weight excluding hydrogens is 314 g/mol. The van der Waals surface area contributed by atoms with Gasteiger partial charge in [0.15, 0.2) is 5.88 Å². The van der Waals surface area contributed by atoms with Crippen LogP contribution in [0.1, 0.15) is 30.6 Å². The Balaban J connectivity index is 1.71. The first-order chi connectivity index (χ1) is 12.2. The van der Waals surface area contributed by atoms with Crippen LogP contribution in [-0.2, 0) is 4.79 Å². The number of piperidine rings is 1. The molecule has 2 aromatic rings. The van der Waals surface area contributed by atoms with Gasteiger partial charge in [0, 0.05) is 30.9 Å². The Morgan fingerprint density at radius 2 is 1.88 bits per heavy atom. The molecule has 0 radical (unpaired) electrons. The monoisotopic (exact) mass is 335 g/mol. The molecule has 0 aliphatic carbocycles. The number of hydrogen-bond donors (Lipinski definition) is 1. The minimum absolute atomic E-state index is 0.0140. The van der Waals surface area contributed by atoms with Gasteiger partial charge in [-0.15, -0.1) is 0 Å². The van der Waals surface area contributed by atoms with Crippen LogP contribution in [0.15, 0.2) is 46.4 Å². The summed E-state index contributed by atoms with van der Waals surface area (Å²) < 4.78 is 5.79. The number of rotatable bonds is 4. The van der Waals surface area contributed by atoms with E-state index in [0.717, 1.165) is 37.4 Å². The fourth-order valence-corrected chi connectivity index (χ4v) is 2.83. The number of nitrogens with one attached hydrogen (secondary N) is 1. The molecule has 25 heavy (non-hydrogen) atoms.